The van der Waals surface area contributed by atoms with Crippen LogP contribution in [0.3, 0.4) is 0 Å². The van der Waals surface area contributed by atoms with E-state index >= 15 is 0 Å². The molecule has 0 amide bonds. The van der Waals surface area contributed by atoms with Gasteiger partial charge in [0.25, 0.3) is 0 Å². The van der Waals surface area contributed by atoms with E-state index in [-0.39, 0.29) is 75.1 Å². The van der Waals surface area contributed by atoms with E-state index in [1.807, 2.05) is 109 Å². The standard InChI is InChI=1S/C39H25N3O/c1-4-12-26(13-5-1)29-18-10-19-30(24-29)32-20-11-21-34-33-23-22-31(25-35(33)43-36(32)34)39-41-37(27-14-6-2-7-15-27)40-38(42-39)28-16-8-3-9-17-28/h1-25H/i11D,20D,21D,22D,23D,25D. The number of benzene rings is 6. The molecule has 0 aliphatic rings. The van der Waals surface area contributed by atoms with Crippen molar-refractivity contribution in [2.45, 2.75) is 0 Å². The van der Waals surface area contributed by atoms with Crippen molar-refractivity contribution in [1.82, 2.24) is 15.0 Å². The van der Waals surface area contributed by atoms with Gasteiger partial charge in [-0.1, -0.05) is 133 Å². The third-order valence-corrected chi connectivity index (χ3v) is 7.24. The van der Waals surface area contributed by atoms with Crippen LogP contribution in [0.5, 0.6) is 0 Å². The number of aromatic nitrogens is 3. The summed E-state index contributed by atoms with van der Waals surface area (Å²) in [6.07, 6.45) is 0. The zero-order valence-electron chi connectivity index (χ0n) is 28.7. The van der Waals surface area contributed by atoms with Gasteiger partial charge >= 0.3 is 0 Å². The first-order valence-electron chi connectivity index (χ1n) is 16.8. The number of nitrogens with zero attached hydrogens (tertiary/aromatic N) is 3. The summed E-state index contributed by atoms with van der Waals surface area (Å²) in [5.41, 5.74) is 4.18. The van der Waals surface area contributed by atoms with Gasteiger partial charge in [0.1, 0.15) is 11.2 Å². The van der Waals surface area contributed by atoms with Crippen molar-refractivity contribution in [1.29, 1.82) is 0 Å². The molecule has 6 aromatic carbocycles. The zero-order chi connectivity index (χ0) is 33.8. The fraction of sp³-hybridized carbons (Fsp3) is 0. The topological polar surface area (TPSA) is 51.8 Å². The Morgan fingerprint density at radius 2 is 1.02 bits per heavy atom. The Hall–Kier alpha value is -5.87. The van der Waals surface area contributed by atoms with Crippen molar-refractivity contribution in [2.24, 2.45) is 0 Å². The first-order valence-corrected chi connectivity index (χ1v) is 13.8. The van der Waals surface area contributed by atoms with Gasteiger partial charge in [-0.2, -0.15) is 0 Å². The van der Waals surface area contributed by atoms with E-state index < -0.39 is 0 Å². The summed E-state index contributed by atoms with van der Waals surface area (Å²) in [5.74, 6) is 0.709. The SMILES string of the molecule is [2H]c1c([2H])c([2H])c2c(oc3c([2H])c(-c4nc(-c5ccccc5)nc(-c5ccccc5)n4)c([2H])c([2H])c32)c1-c1cccc(-c2ccccc2)c1. The highest BCUT2D eigenvalue weighted by Gasteiger charge is 2.16. The van der Waals surface area contributed by atoms with E-state index in [1.54, 1.807) is 6.07 Å². The lowest BCUT2D eigenvalue weighted by atomic mass is 9.97. The van der Waals surface area contributed by atoms with Crippen molar-refractivity contribution in [2.75, 3.05) is 0 Å². The van der Waals surface area contributed by atoms with Crippen LogP contribution in [-0.2, 0) is 0 Å². The van der Waals surface area contributed by atoms with E-state index in [0.29, 0.717) is 28.3 Å². The minimum Gasteiger partial charge on any atom is -0.455 e. The van der Waals surface area contributed by atoms with E-state index in [4.69, 9.17) is 16.3 Å². The fourth-order valence-electron chi connectivity index (χ4n) is 5.14. The van der Waals surface area contributed by atoms with Crippen molar-refractivity contribution in [3.8, 4) is 56.4 Å². The normalized spacial score (nSPS) is 13.2. The molecular weight excluding hydrogens is 526 g/mol. The first kappa shape index (κ1) is 19.3. The molecule has 0 bridgehead atoms. The molecule has 43 heavy (non-hydrogen) atoms. The molecule has 2 heterocycles. The monoisotopic (exact) mass is 557 g/mol. The van der Waals surface area contributed by atoms with Crippen LogP contribution >= 0.6 is 0 Å². The Bertz CT molecular complexity index is 2500. The Labute approximate surface area is 257 Å². The van der Waals surface area contributed by atoms with Crippen molar-refractivity contribution in [3.05, 3.63) is 152 Å². The van der Waals surface area contributed by atoms with Crippen LogP contribution < -0.4 is 0 Å². The Balaban J connectivity index is 1.41. The van der Waals surface area contributed by atoms with Crippen LogP contribution in [0.2, 0.25) is 0 Å². The third kappa shape index (κ3) is 4.65. The second kappa shape index (κ2) is 10.5. The highest BCUT2D eigenvalue weighted by Crippen LogP contribution is 2.38. The molecule has 0 atom stereocenters. The molecule has 4 nitrogen and oxygen atoms in total. The lowest BCUT2D eigenvalue weighted by molar-refractivity contribution is 0.670. The summed E-state index contributed by atoms with van der Waals surface area (Å²) in [4.78, 5) is 14.1. The molecule has 0 aliphatic carbocycles. The minimum atomic E-state index is -0.339. The highest BCUT2D eigenvalue weighted by atomic mass is 16.3. The molecule has 0 N–H and O–H groups in total. The summed E-state index contributed by atoms with van der Waals surface area (Å²) in [6, 6.07) is 34.2. The smallest absolute Gasteiger partial charge is 0.164 e. The van der Waals surface area contributed by atoms with Gasteiger partial charge < -0.3 is 4.42 Å². The number of rotatable bonds is 5. The van der Waals surface area contributed by atoms with Crippen molar-refractivity contribution >= 4 is 21.9 Å². The number of furan rings is 1. The van der Waals surface area contributed by atoms with E-state index in [0.717, 1.165) is 11.1 Å². The maximum atomic E-state index is 9.34. The maximum Gasteiger partial charge on any atom is 0.164 e. The lowest BCUT2D eigenvalue weighted by Gasteiger charge is -2.08. The van der Waals surface area contributed by atoms with Gasteiger partial charge in [-0.25, -0.2) is 15.0 Å². The highest BCUT2D eigenvalue weighted by molar-refractivity contribution is 6.10. The van der Waals surface area contributed by atoms with Crippen molar-refractivity contribution < 1.29 is 12.6 Å². The quantitative estimate of drug-likeness (QED) is 0.211. The van der Waals surface area contributed by atoms with Crippen LogP contribution in [-0.4, -0.2) is 15.0 Å². The average Bonchev–Trinajstić information content (AvgIpc) is 3.55. The molecule has 0 aliphatic heterocycles. The molecule has 202 valence electrons. The predicted octanol–water partition coefficient (Wildman–Crippen LogP) is 10.1. The third-order valence-electron chi connectivity index (χ3n) is 7.24. The van der Waals surface area contributed by atoms with Gasteiger partial charge in [-0.05, 0) is 34.8 Å². The minimum absolute atomic E-state index is 0.0235. The summed E-state index contributed by atoms with van der Waals surface area (Å²) in [7, 11) is 0. The van der Waals surface area contributed by atoms with Crippen LogP contribution in [0.25, 0.3) is 78.4 Å². The molecule has 2 aromatic heterocycles. The molecule has 0 radical (unpaired) electrons. The van der Waals surface area contributed by atoms with Crippen LogP contribution in [0.15, 0.2) is 156 Å². The van der Waals surface area contributed by atoms with Gasteiger partial charge in [0, 0.05) is 33.0 Å². The molecule has 0 fully saturated rings. The summed E-state index contributed by atoms with van der Waals surface area (Å²) >= 11 is 0. The second-order valence-electron chi connectivity index (χ2n) is 10.00. The number of hydrogen-bond acceptors (Lipinski definition) is 4. The number of para-hydroxylation sites is 1. The van der Waals surface area contributed by atoms with Crippen LogP contribution in [0.4, 0.5) is 0 Å². The maximum absolute atomic E-state index is 9.34. The van der Waals surface area contributed by atoms with E-state index in [9.17, 15) is 1.37 Å². The fourth-order valence-corrected chi connectivity index (χ4v) is 5.14. The van der Waals surface area contributed by atoms with Gasteiger partial charge in [0.05, 0.1) is 8.22 Å². The molecular formula is C39H25N3O. The summed E-state index contributed by atoms with van der Waals surface area (Å²) in [6.45, 7) is 0. The second-order valence-corrected chi connectivity index (χ2v) is 10.00. The molecule has 8 aromatic rings. The Morgan fingerprint density at radius 3 is 1.67 bits per heavy atom. The van der Waals surface area contributed by atoms with E-state index in [2.05, 4.69) is 9.97 Å². The molecule has 8 rings (SSSR count). The number of hydrogen-bond donors (Lipinski definition) is 0. The molecule has 0 saturated carbocycles. The lowest BCUT2D eigenvalue weighted by Crippen LogP contribution is -2.00. The van der Waals surface area contributed by atoms with Gasteiger partial charge in [-0.3, -0.25) is 0 Å². The predicted molar refractivity (Wildman–Crippen MR) is 174 cm³/mol. The molecule has 0 unspecified atom stereocenters. The van der Waals surface area contributed by atoms with Crippen LogP contribution in [0.1, 0.15) is 8.22 Å². The van der Waals surface area contributed by atoms with E-state index in [1.165, 1.54) is 0 Å². The molecule has 0 saturated heterocycles. The van der Waals surface area contributed by atoms with Gasteiger partial charge in [0.15, 0.2) is 17.5 Å². The summed E-state index contributed by atoms with van der Waals surface area (Å²) in [5, 5.41) is 0.175. The van der Waals surface area contributed by atoms with Gasteiger partial charge in [0.2, 0.25) is 0 Å². The molecule has 0 spiro atoms. The van der Waals surface area contributed by atoms with Gasteiger partial charge in [-0.15, -0.1) is 0 Å². The average molecular weight is 558 g/mol. The number of fused-ring (bicyclic) bond motifs is 3. The van der Waals surface area contributed by atoms with Crippen LogP contribution in [0, 0.1) is 0 Å². The Morgan fingerprint density at radius 1 is 0.465 bits per heavy atom. The Kier molecular flexibility index (Phi) is 4.71. The summed E-state index contributed by atoms with van der Waals surface area (Å²) < 4.78 is 60.5. The molecule has 4 heteroatoms. The van der Waals surface area contributed by atoms with Crippen molar-refractivity contribution in [3.63, 3.8) is 0 Å². The zero-order valence-corrected chi connectivity index (χ0v) is 22.7. The largest absolute Gasteiger partial charge is 0.455 e. The first-order chi connectivity index (χ1) is 23.8.